The van der Waals surface area contributed by atoms with Crippen molar-refractivity contribution in [2.45, 2.75) is 38.8 Å². The fourth-order valence-electron chi connectivity index (χ4n) is 1.96. The second kappa shape index (κ2) is 8.64. The van der Waals surface area contributed by atoms with Gasteiger partial charge < -0.3 is 20.5 Å². The van der Waals surface area contributed by atoms with Crippen molar-refractivity contribution in [2.75, 3.05) is 20.3 Å². The molecule has 1 aromatic rings. The summed E-state index contributed by atoms with van der Waals surface area (Å²) in [4.78, 5) is 12.0. The van der Waals surface area contributed by atoms with Gasteiger partial charge in [-0.2, -0.15) is 0 Å². The average molecular weight is 294 g/mol. The number of nitrogens with two attached hydrogens (primary N) is 1. The SMILES string of the molecule is CCCC(C)(N)C(=O)NCc1ccc(OCCOC)cc1. The number of benzene rings is 1. The van der Waals surface area contributed by atoms with E-state index in [1.165, 1.54) is 0 Å². The van der Waals surface area contributed by atoms with Crippen LogP contribution < -0.4 is 15.8 Å². The monoisotopic (exact) mass is 294 g/mol. The molecule has 0 spiro atoms. The van der Waals surface area contributed by atoms with Crippen LogP contribution in [0.5, 0.6) is 5.75 Å². The summed E-state index contributed by atoms with van der Waals surface area (Å²) in [5.74, 6) is 0.668. The maximum Gasteiger partial charge on any atom is 0.240 e. The molecule has 3 N–H and O–H groups in total. The maximum absolute atomic E-state index is 12.0. The number of hydrogen-bond acceptors (Lipinski definition) is 4. The number of amides is 1. The smallest absolute Gasteiger partial charge is 0.240 e. The molecule has 118 valence electrons. The van der Waals surface area contributed by atoms with Crippen LogP contribution in [0.1, 0.15) is 32.3 Å². The van der Waals surface area contributed by atoms with E-state index in [2.05, 4.69) is 5.32 Å². The van der Waals surface area contributed by atoms with Gasteiger partial charge in [-0.15, -0.1) is 0 Å². The van der Waals surface area contributed by atoms with Gasteiger partial charge in [-0.25, -0.2) is 0 Å². The van der Waals surface area contributed by atoms with Crippen LogP contribution in [0.15, 0.2) is 24.3 Å². The van der Waals surface area contributed by atoms with Gasteiger partial charge in [-0.1, -0.05) is 25.5 Å². The molecule has 0 bridgehead atoms. The lowest BCUT2D eigenvalue weighted by atomic mass is 9.96. The minimum absolute atomic E-state index is 0.121. The second-order valence-electron chi connectivity index (χ2n) is 5.34. The van der Waals surface area contributed by atoms with E-state index in [1.807, 2.05) is 31.2 Å². The van der Waals surface area contributed by atoms with Crippen molar-refractivity contribution in [1.29, 1.82) is 0 Å². The zero-order chi connectivity index (χ0) is 15.7. The molecule has 5 heteroatoms. The Balaban J connectivity index is 2.43. The Morgan fingerprint density at radius 1 is 1.29 bits per heavy atom. The van der Waals surface area contributed by atoms with Gasteiger partial charge in [0.2, 0.25) is 5.91 Å². The van der Waals surface area contributed by atoms with E-state index >= 15 is 0 Å². The van der Waals surface area contributed by atoms with Crippen molar-refractivity contribution in [2.24, 2.45) is 5.73 Å². The Bertz CT molecular complexity index is 430. The van der Waals surface area contributed by atoms with Crippen LogP contribution in [-0.2, 0) is 16.1 Å². The Morgan fingerprint density at radius 3 is 2.52 bits per heavy atom. The van der Waals surface area contributed by atoms with Crippen LogP contribution in [0.25, 0.3) is 0 Å². The third-order valence-corrected chi connectivity index (χ3v) is 3.22. The topological polar surface area (TPSA) is 73.6 Å². The van der Waals surface area contributed by atoms with Crippen molar-refractivity contribution in [3.05, 3.63) is 29.8 Å². The summed E-state index contributed by atoms with van der Waals surface area (Å²) in [5.41, 5.74) is 6.18. The van der Waals surface area contributed by atoms with Crippen molar-refractivity contribution >= 4 is 5.91 Å². The van der Waals surface area contributed by atoms with E-state index in [9.17, 15) is 4.79 Å². The first-order valence-corrected chi connectivity index (χ1v) is 7.27. The van der Waals surface area contributed by atoms with Gasteiger partial charge in [0.1, 0.15) is 12.4 Å². The fourth-order valence-corrected chi connectivity index (χ4v) is 1.96. The van der Waals surface area contributed by atoms with Crippen molar-refractivity contribution < 1.29 is 14.3 Å². The van der Waals surface area contributed by atoms with Crippen molar-refractivity contribution in [3.63, 3.8) is 0 Å². The van der Waals surface area contributed by atoms with Gasteiger partial charge in [-0.3, -0.25) is 4.79 Å². The Hall–Kier alpha value is -1.59. The summed E-state index contributed by atoms with van der Waals surface area (Å²) in [6.45, 7) is 5.33. The Morgan fingerprint density at radius 2 is 1.95 bits per heavy atom. The van der Waals surface area contributed by atoms with Crippen LogP contribution in [-0.4, -0.2) is 31.8 Å². The van der Waals surface area contributed by atoms with E-state index < -0.39 is 5.54 Å². The first-order valence-electron chi connectivity index (χ1n) is 7.27. The minimum atomic E-state index is -0.808. The van der Waals surface area contributed by atoms with Gasteiger partial charge in [0.05, 0.1) is 12.1 Å². The van der Waals surface area contributed by atoms with Crippen LogP contribution in [0.2, 0.25) is 0 Å². The fraction of sp³-hybridized carbons (Fsp3) is 0.562. The van der Waals surface area contributed by atoms with Crippen LogP contribution in [0, 0.1) is 0 Å². The molecule has 1 aromatic carbocycles. The Kier molecular flexibility index (Phi) is 7.19. The van der Waals surface area contributed by atoms with Gasteiger partial charge in [0.25, 0.3) is 0 Å². The molecule has 0 saturated carbocycles. The summed E-state index contributed by atoms with van der Waals surface area (Å²) >= 11 is 0. The number of methoxy groups -OCH3 is 1. The first kappa shape index (κ1) is 17.5. The minimum Gasteiger partial charge on any atom is -0.491 e. The van der Waals surface area contributed by atoms with E-state index in [1.54, 1.807) is 14.0 Å². The molecule has 0 fully saturated rings. The first-order chi connectivity index (χ1) is 9.99. The largest absolute Gasteiger partial charge is 0.491 e. The lowest BCUT2D eigenvalue weighted by Gasteiger charge is -2.22. The normalized spacial score (nSPS) is 13.5. The second-order valence-corrected chi connectivity index (χ2v) is 5.34. The maximum atomic E-state index is 12.0. The molecule has 1 rings (SSSR count). The lowest BCUT2D eigenvalue weighted by Crippen LogP contribution is -2.51. The summed E-state index contributed by atoms with van der Waals surface area (Å²) in [7, 11) is 1.64. The summed E-state index contributed by atoms with van der Waals surface area (Å²) < 4.78 is 10.4. The molecule has 1 amide bonds. The summed E-state index contributed by atoms with van der Waals surface area (Å²) in [6.07, 6.45) is 1.55. The van der Waals surface area contributed by atoms with Gasteiger partial charge >= 0.3 is 0 Å². The zero-order valence-corrected chi connectivity index (χ0v) is 13.1. The summed E-state index contributed by atoms with van der Waals surface area (Å²) in [5, 5.41) is 2.87. The van der Waals surface area contributed by atoms with Crippen LogP contribution >= 0.6 is 0 Å². The lowest BCUT2D eigenvalue weighted by molar-refractivity contribution is -0.126. The van der Waals surface area contributed by atoms with E-state index in [0.29, 0.717) is 26.2 Å². The predicted molar refractivity (Wildman–Crippen MR) is 83.2 cm³/mol. The molecule has 1 unspecified atom stereocenters. The highest BCUT2D eigenvalue weighted by Gasteiger charge is 2.26. The summed E-state index contributed by atoms with van der Waals surface area (Å²) in [6, 6.07) is 7.61. The average Bonchev–Trinajstić information content (AvgIpc) is 2.46. The molecular weight excluding hydrogens is 268 g/mol. The molecule has 0 aliphatic carbocycles. The third kappa shape index (κ3) is 6.14. The molecule has 1 atom stereocenters. The van der Waals surface area contributed by atoms with Crippen molar-refractivity contribution in [1.82, 2.24) is 5.32 Å². The van der Waals surface area contributed by atoms with E-state index in [0.717, 1.165) is 17.7 Å². The number of hydrogen-bond donors (Lipinski definition) is 2. The predicted octanol–water partition coefficient (Wildman–Crippen LogP) is 1.85. The van der Waals surface area contributed by atoms with Gasteiger partial charge in [0.15, 0.2) is 0 Å². The van der Waals surface area contributed by atoms with Gasteiger partial charge in [-0.05, 0) is 31.0 Å². The molecule has 0 heterocycles. The standard InChI is InChI=1S/C16H26N2O3/c1-4-9-16(2,17)15(19)18-12-13-5-7-14(8-6-13)21-11-10-20-3/h5-8H,4,9-12,17H2,1-3H3,(H,18,19). The number of ether oxygens (including phenoxy) is 2. The van der Waals surface area contributed by atoms with E-state index in [-0.39, 0.29) is 5.91 Å². The van der Waals surface area contributed by atoms with Crippen molar-refractivity contribution in [3.8, 4) is 5.75 Å². The molecule has 21 heavy (non-hydrogen) atoms. The van der Waals surface area contributed by atoms with Crippen LogP contribution in [0.4, 0.5) is 0 Å². The third-order valence-electron chi connectivity index (χ3n) is 3.22. The molecular formula is C16H26N2O3. The number of carbonyl (C=O) groups is 1. The Labute approximate surface area is 126 Å². The molecule has 0 saturated heterocycles. The van der Waals surface area contributed by atoms with Gasteiger partial charge in [0, 0.05) is 13.7 Å². The number of carbonyl (C=O) groups excluding carboxylic acids is 1. The quantitative estimate of drug-likeness (QED) is 0.682. The van der Waals surface area contributed by atoms with Crippen LogP contribution in [0.3, 0.4) is 0 Å². The highest BCUT2D eigenvalue weighted by atomic mass is 16.5. The molecule has 0 aliphatic rings. The molecule has 0 aliphatic heterocycles. The molecule has 0 radical (unpaired) electrons. The highest BCUT2D eigenvalue weighted by molar-refractivity contribution is 5.85. The highest BCUT2D eigenvalue weighted by Crippen LogP contribution is 2.13. The molecule has 5 nitrogen and oxygen atoms in total. The number of nitrogens with one attached hydrogen (secondary N) is 1. The van der Waals surface area contributed by atoms with E-state index in [4.69, 9.17) is 15.2 Å². The zero-order valence-electron chi connectivity index (χ0n) is 13.1. The number of rotatable bonds is 9. The molecule has 0 aromatic heterocycles.